The summed E-state index contributed by atoms with van der Waals surface area (Å²) in [6.45, 7) is 4.36. The van der Waals surface area contributed by atoms with Gasteiger partial charge in [-0.05, 0) is 66.0 Å². The lowest BCUT2D eigenvalue weighted by molar-refractivity contribution is -0.134. The summed E-state index contributed by atoms with van der Waals surface area (Å²) < 4.78 is 5.41. The van der Waals surface area contributed by atoms with Gasteiger partial charge in [0.05, 0.1) is 0 Å². The molecule has 1 aliphatic carbocycles. The average Bonchev–Trinajstić information content (AvgIpc) is 2.86. The Hall–Kier alpha value is -2.35. The molecule has 2 aromatic rings. The van der Waals surface area contributed by atoms with E-state index in [2.05, 4.69) is 44.2 Å². The van der Waals surface area contributed by atoms with E-state index in [1.165, 1.54) is 80.9 Å². The highest BCUT2D eigenvalue weighted by Gasteiger charge is 2.15. The minimum Gasteiger partial charge on any atom is -0.427 e. The molecule has 0 aromatic heterocycles. The molecule has 0 heterocycles. The van der Waals surface area contributed by atoms with Crippen molar-refractivity contribution in [1.82, 2.24) is 0 Å². The van der Waals surface area contributed by atoms with Crippen molar-refractivity contribution in [3.63, 3.8) is 0 Å². The number of allylic oxidation sites excluding steroid dienone is 2. The monoisotopic (exact) mass is 446 g/mol. The van der Waals surface area contributed by atoms with Gasteiger partial charge in [-0.3, -0.25) is 4.79 Å². The van der Waals surface area contributed by atoms with Crippen LogP contribution in [0.15, 0.2) is 54.6 Å². The van der Waals surface area contributed by atoms with Crippen molar-refractivity contribution in [3.8, 4) is 16.9 Å². The summed E-state index contributed by atoms with van der Waals surface area (Å²) in [4.78, 5) is 11.8. The van der Waals surface area contributed by atoms with Gasteiger partial charge in [0.1, 0.15) is 5.75 Å². The highest BCUT2D eigenvalue weighted by Crippen LogP contribution is 2.34. The van der Waals surface area contributed by atoms with Crippen molar-refractivity contribution in [3.05, 3.63) is 60.2 Å². The first-order chi connectivity index (χ1) is 16.2. The summed E-state index contributed by atoms with van der Waals surface area (Å²) >= 11 is 0. The van der Waals surface area contributed by atoms with Gasteiger partial charge in [-0.2, -0.15) is 0 Å². The summed E-state index contributed by atoms with van der Waals surface area (Å²) in [5.74, 6) is 1.36. The fourth-order valence-electron chi connectivity index (χ4n) is 4.72. The lowest BCUT2D eigenvalue weighted by Crippen LogP contribution is -2.07. The molecule has 0 saturated heterocycles. The molecule has 1 aliphatic rings. The fraction of sp³-hybridized carbons (Fsp3) is 0.516. The second kappa shape index (κ2) is 14.0. The Bertz CT molecular complexity index is 861. The summed E-state index contributed by atoms with van der Waals surface area (Å²) in [5, 5.41) is 0. The van der Waals surface area contributed by atoms with E-state index in [9.17, 15) is 4.79 Å². The maximum atomic E-state index is 11.8. The number of carbonyl (C=O) groups excluding carboxylic acids is 1. The van der Waals surface area contributed by atoms with E-state index in [0.717, 1.165) is 24.3 Å². The summed E-state index contributed by atoms with van der Waals surface area (Å²) in [6, 6.07) is 16.8. The van der Waals surface area contributed by atoms with E-state index in [0.29, 0.717) is 12.2 Å². The van der Waals surface area contributed by atoms with Crippen LogP contribution in [0.25, 0.3) is 16.7 Å². The zero-order valence-electron chi connectivity index (χ0n) is 20.8. The first-order valence-electron chi connectivity index (χ1n) is 13.3. The Labute approximate surface area is 201 Å². The molecule has 2 heteroatoms. The molecule has 33 heavy (non-hydrogen) atoms. The van der Waals surface area contributed by atoms with Gasteiger partial charge < -0.3 is 4.74 Å². The summed E-state index contributed by atoms with van der Waals surface area (Å²) in [7, 11) is 0. The van der Waals surface area contributed by atoms with E-state index in [1.54, 1.807) is 0 Å². The lowest BCUT2D eigenvalue weighted by atomic mass is 9.83. The van der Waals surface area contributed by atoms with Crippen LogP contribution in [0.2, 0.25) is 0 Å². The maximum Gasteiger partial charge on any atom is 0.311 e. The zero-order chi connectivity index (χ0) is 23.3. The molecule has 0 amide bonds. The Morgan fingerprint density at radius 1 is 0.788 bits per heavy atom. The molecule has 0 spiro atoms. The van der Waals surface area contributed by atoms with E-state index < -0.39 is 0 Å². The van der Waals surface area contributed by atoms with Gasteiger partial charge in [-0.15, -0.1) is 0 Å². The first-order valence-corrected chi connectivity index (χ1v) is 13.3. The van der Waals surface area contributed by atoms with Crippen LogP contribution in [-0.4, -0.2) is 5.97 Å². The number of rotatable bonds is 13. The van der Waals surface area contributed by atoms with Crippen molar-refractivity contribution >= 4 is 11.5 Å². The van der Waals surface area contributed by atoms with E-state index >= 15 is 0 Å². The molecule has 2 nitrogen and oxygen atoms in total. The van der Waals surface area contributed by atoms with Crippen LogP contribution in [0.4, 0.5) is 0 Å². The van der Waals surface area contributed by atoms with Crippen molar-refractivity contribution in [2.45, 2.75) is 97.3 Å². The lowest BCUT2D eigenvalue weighted by Gasteiger charge is -2.22. The smallest absolute Gasteiger partial charge is 0.311 e. The Morgan fingerprint density at radius 3 is 2.03 bits per heavy atom. The van der Waals surface area contributed by atoms with Crippen LogP contribution in [0.5, 0.6) is 5.75 Å². The molecule has 0 N–H and O–H groups in total. The van der Waals surface area contributed by atoms with Crippen molar-refractivity contribution in [2.75, 3.05) is 0 Å². The molecule has 0 radical (unpaired) electrons. The van der Waals surface area contributed by atoms with Gasteiger partial charge in [-0.25, -0.2) is 0 Å². The molecule has 1 unspecified atom stereocenters. The Kier molecular flexibility index (Phi) is 10.7. The topological polar surface area (TPSA) is 26.3 Å². The number of hydrogen-bond donors (Lipinski definition) is 0. The van der Waals surface area contributed by atoms with Gasteiger partial charge in [0.15, 0.2) is 0 Å². The molecular formula is C31H42O2. The number of ether oxygens (including phenoxy) is 1. The number of esters is 1. The minimum atomic E-state index is -0.149. The van der Waals surface area contributed by atoms with Gasteiger partial charge in [0, 0.05) is 6.42 Å². The van der Waals surface area contributed by atoms with E-state index in [1.807, 2.05) is 24.3 Å². The molecule has 0 fully saturated rings. The quantitative estimate of drug-likeness (QED) is 0.174. The standard InChI is InChI=1S/C31H42O2/c1-3-5-7-8-9-10-11-25-13-15-26(16-14-25)27-17-19-28(20-18-27)29-21-23-30(24-22-29)33-31(32)12-6-4-2/h15,17-25H,3-14,16H2,1-2H3. The predicted octanol–water partition coefficient (Wildman–Crippen LogP) is 9.38. The largest absolute Gasteiger partial charge is 0.427 e. The zero-order valence-corrected chi connectivity index (χ0v) is 20.8. The summed E-state index contributed by atoms with van der Waals surface area (Å²) in [5.41, 5.74) is 5.21. The second-order valence-electron chi connectivity index (χ2n) is 9.61. The average molecular weight is 447 g/mol. The van der Waals surface area contributed by atoms with E-state index in [4.69, 9.17) is 4.74 Å². The number of carbonyl (C=O) groups is 1. The number of hydrogen-bond acceptors (Lipinski definition) is 2. The van der Waals surface area contributed by atoms with Gasteiger partial charge in [0.25, 0.3) is 0 Å². The van der Waals surface area contributed by atoms with Crippen LogP contribution in [-0.2, 0) is 4.79 Å². The number of benzene rings is 2. The Balaban J connectivity index is 1.47. The van der Waals surface area contributed by atoms with Crippen LogP contribution < -0.4 is 4.74 Å². The molecule has 0 saturated carbocycles. The molecule has 0 aliphatic heterocycles. The SMILES string of the molecule is CCCCCCCCC1CC=C(c2ccc(-c3ccc(OC(=O)CCCC)cc3)cc2)CC1. The molecule has 1 atom stereocenters. The molecule has 0 bridgehead atoms. The summed E-state index contributed by atoms with van der Waals surface area (Å²) in [6.07, 6.45) is 18.4. The van der Waals surface area contributed by atoms with Crippen LogP contribution in [0, 0.1) is 5.92 Å². The molecule has 2 aromatic carbocycles. The highest BCUT2D eigenvalue weighted by molar-refractivity contribution is 5.73. The highest BCUT2D eigenvalue weighted by atomic mass is 16.5. The third-order valence-electron chi connectivity index (χ3n) is 6.89. The van der Waals surface area contributed by atoms with Crippen LogP contribution in [0.1, 0.15) is 103 Å². The molecule has 178 valence electrons. The van der Waals surface area contributed by atoms with Gasteiger partial charge in [-0.1, -0.05) is 108 Å². The van der Waals surface area contributed by atoms with Crippen LogP contribution in [0.3, 0.4) is 0 Å². The molecular weight excluding hydrogens is 404 g/mol. The van der Waals surface area contributed by atoms with Crippen molar-refractivity contribution < 1.29 is 9.53 Å². The third-order valence-corrected chi connectivity index (χ3v) is 6.89. The minimum absolute atomic E-state index is 0.149. The second-order valence-corrected chi connectivity index (χ2v) is 9.61. The molecule has 3 rings (SSSR count). The third kappa shape index (κ3) is 8.50. The predicted molar refractivity (Wildman–Crippen MR) is 140 cm³/mol. The van der Waals surface area contributed by atoms with Gasteiger partial charge >= 0.3 is 5.97 Å². The fourth-order valence-corrected chi connectivity index (χ4v) is 4.72. The number of unbranched alkanes of at least 4 members (excludes halogenated alkanes) is 6. The van der Waals surface area contributed by atoms with Crippen LogP contribution >= 0.6 is 0 Å². The normalized spacial score (nSPS) is 15.8. The van der Waals surface area contributed by atoms with Crippen molar-refractivity contribution in [2.24, 2.45) is 5.92 Å². The van der Waals surface area contributed by atoms with Crippen molar-refractivity contribution in [1.29, 1.82) is 0 Å². The first kappa shape index (κ1) is 25.3. The Morgan fingerprint density at radius 2 is 1.39 bits per heavy atom. The van der Waals surface area contributed by atoms with Gasteiger partial charge in [0.2, 0.25) is 0 Å². The van der Waals surface area contributed by atoms with E-state index in [-0.39, 0.29) is 5.97 Å². The maximum absolute atomic E-state index is 11.8.